The van der Waals surface area contributed by atoms with Crippen LogP contribution in [0.15, 0.2) is 36.4 Å². The predicted molar refractivity (Wildman–Crippen MR) is 146 cm³/mol. The van der Waals surface area contributed by atoms with Crippen molar-refractivity contribution >= 4 is 50.7 Å². The van der Waals surface area contributed by atoms with Gasteiger partial charge in [0.1, 0.15) is 24.1 Å². The van der Waals surface area contributed by atoms with Gasteiger partial charge in [-0.2, -0.15) is 0 Å². The summed E-state index contributed by atoms with van der Waals surface area (Å²) in [6, 6.07) is 8.43. The minimum Gasteiger partial charge on any atom is -0.497 e. The fraction of sp³-hybridized carbons (Fsp3) is 0.440. The lowest BCUT2D eigenvalue weighted by molar-refractivity contribution is -0.140. The third kappa shape index (κ3) is 8.41. The van der Waals surface area contributed by atoms with Crippen LogP contribution in [0.3, 0.4) is 0 Å². The van der Waals surface area contributed by atoms with E-state index >= 15 is 0 Å². The van der Waals surface area contributed by atoms with Gasteiger partial charge in [0.25, 0.3) is 0 Å². The number of anilines is 1. The molecule has 2 amide bonds. The van der Waals surface area contributed by atoms with Crippen molar-refractivity contribution in [3.8, 4) is 11.5 Å². The fourth-order valence-corrected chi connectivity index (χ4v) is 4.80. The van der Waals surface area contributed by atoms with Crippen molar-refractivity contribution in [3.05, 3.63) is 52.0 Å². The molecule has 0 aliphatic heterocycles. The molecule has 0 saturated heterocycles. The molecular formula is C25H33Cl2N3O6S. The van der Waals surface area contributed by atoms with Gasteiger partial charge < -0.3 is 19.7 Å². The van der Waals surface area contributed by atoms with E-state index in [0.29, 0.717) is 21.4 Å². The molecule has 0 saturated carbocycles. The lowest BCUT2D eigenvalue weighted by Crippen LogP contribution is -2.54. The van der Waals surface area contributed by atoms with Gasteiger partial charge in [-0.1, -0.05) is 29.3 Å². The number of rotatable bonds is 10. The van der Waals surface area contributed by atoms with Crippen molar-refractivity contribution in [1.29, 1.82) is 0 Å². The highest BCUT2D eigenvalue weighted by molar-refractivity contribution is 7.92. The first-order valence-electron chi connectivity index (χ1n) is 11.3. The van der Waals surface area contributed by atoms with Crippen LogP contribution in [0.4, 0.5) is 5.69 Å². The molecule has 0 aromatic heterocycles. The first kappa shape index (κ1) is 30.5. The summed E-state index contributed by atoms with van der Waals surface area (Å²) in [5.74, 6) is -0.375. The number of carbonyl (C=O) groups excluding carboxylic acids is 2. The number of carbonyl (C=O) groups is 2. The molecule has 12 heteroatoms. The van der Waals surface area contributed by atoms with Crippen LogP contribution in [-0.4, -0.2) is 63.7 Å². The minimum atomic E-state index is -3.94. The Kier molecular flexibility index (Phi) is 10.1. The zero-order valence-corrected chi connectivity index (χ0v) is 24.3. The van der Waals surface area contributed by atoms with E-state index < -0.39 is 40.0 Å². The smallest absolute Gasteiger partial charge is 0.244 e. The largest absolute Gasteiger partial charge is 0.497 e. The van der Waals surface area contributed by atoms with E-state index in [0.717, 1.165) is 10.6 Å². The SMILES string of the molecule is COc1ccc(N(CC(=O)N(Cc2ccc(Cl)cc2Cl)[C@@H](C)C(=O)NC(C)(C)C)S(C)(=O)=O)c(OC)c1. The Balaban J connectivity index is 2.51. The molecule has 1 atom stereocenters. The molecular weight excluding hydrogens is 541 g/mol. The number of methoxy groups -OCH3 is 2. The molecule has 0 aliphatic rings. The Morgan fingerprint density at radius 1 is 1.05 bits per heavy atom. The fourth-order valence-electron chi connectivity index (χ4n) is 3.48. The minimum absolute atomic E-state index is 0.0507. The van der Waals surface area contributed by atoms with E-state index in [1.807, 2.05) is 20.8 Å². The number of amides is 2. The number of nitrogens with zero attached hydrogens (tertiary/aromatic N) is 2. The second-order valence-corrected chi connectivity index (χ2v) is 12.2. The zero-order chi connectivity index (χ0) is 28.1. The van der Waals surface area contributed by atoms with E-state index in [-0.39, 0.29) is 18.0 Å². The maximum absolute atomic E-state index is 13.7. The second-order valence-electron chi connectivity index (χ2n) is 9.48. The maximum atomic E-state index is 13.7. The van der Waals surface area contributed by atoms with E-state index in [4.69, 9.17) is 32.7 Å². The lowest BCUT2D eigenvalue weighted by atomic mass is 10.1. The average Bonchev–Trinajstić information content (AvgIpc) is 2.79. The van der Waals surface area contributed by atoms with Crippen LogP contribution in [0.1, 0.15) is 33.3 Å². The summed E-state index contributed by atoms with van der Waals surface area (Å²) in [5.41, 5.74) is 0.144. The number of ether oxygens (including phenoxy) is 2. The lowest BCUT2D eigenvalue weighted by Gasteiger charge is -2.33. The molecule has 0 spiro atoms. The van der Waals surface area contributed by atoms with E-state index in [2.05, 4.69) is 5.32 Å². The molecule has 9 nitrogen and oxygen atoms in total. The summed E-state index contributed by atoms with van der Waals surface area (Å²) in [6.07, 6.45) is 0.986. The predicted octanol–water partition coefficient (Wildman–Crippen LogP) is 4.11. The van der Waals surface area contributed by atoms with Crippen molar-refractivity contribution in [1.82, 2.24) is 10.2 Å². The Bertz CT molecular complexity index is 1250. The molecule has 2 rings (SSSR count). The number of halogens is 2. The number of benzene rings is 2. The van der Waals surface area contributed by atoms with Gasteiger partial charge in [-0.3, -0.25) is 13.9 Å². The van der Waals surface area contributed by atoms with Gasteiger partial charge in [0, 0.05) is 28.2 Å². The van der Waals surface area contributed by atoms with Gasteiger partial charge in [0.15, 0.2) is 0 Å². The standard InChI is InChI=1S/C25H33Cl2N3O6S/c1-16(24(32)28-25(2,3)4)29(14-17-8-9-18(26)12-20(17)27)23(31)15-30(37(7,33)34)21-11-10-19(35-5)13-22(21)36-6/h8-13,16H,14-15H2,1-7H3,(H,28,32)/t16-/m0/s1. The van der Waals surface area contributed by atoms with Crippen molar-refractivity contribution in [2.24, 2.45) is 0 Å². The molecule has 0 fully saturated rings. The van der Waals surface area contributed by atoms with Crippen LogP contribution in [-0.2, 0) is 26.2 Å². The molecule has 0 radical (unpaired) electrons. The quantitative estimate of drug-likeness (QED) is 0.458. The van der Waals surface area contributed by atoms with Crippen molar-refractivity contribution in [2.75, 3.05) is 31.3 Å². The third-order valence-corrected chi connectivity index (χ3v) is 7.07. The molecule has 0 heterocycles. The first-order chi connectivity index (χ1) is 17.1. The molecule has 1 N–H and O–H groups in total. The summed E-state index contributed by atoms with van der Waals surface area (Å²) in [6.45, 7) is 6.40. The van der Waals surface area contributed by atoms with Crippen LogP contribution in [0.2, 0.25) is 10.0 Å². The molecule has 0 aliphatic carbocycles. The molecule has 2 aromatic rings. The average molecular weight is 575 g/mol. The summed E-state index contributed by atoms with van der Waals surface area (Å²) in [7, 11) is -1.09. The molecule has 204 valence electrons. The summed E-state index contributed by atoms with van der Waals surface area (Å²) in [4.78, 5) is 28.0. The molecule has 37 heavy (non-hydrogen) atoms. The van der Waals surface area contributed by atoms with Crippen LogP contribution < -0.4 is 19.1 Å². The van der Waals surface area contributed by atoms with Crippen LogP contribution in [0, 0.1) is 0 Å². The summed E-state index contributed by atoms with van der Waals surface area (Å²) >= 11 is 12.4. The van der Waals surface area contributed by atoms with Gasteiger partial charge in [0.2, 0.25) is 21.8 Å². The second kappa shape index (κ2) is 12.2. The maximum Gasteiger partial charge on any atom is 0.244 e. The molecule has 2 aromatic carbocycles. The van der Waals surface area contributed by atoms with Gasteiger partial charge in [-0.25, -0.2) is 8.42 Å². The van der Waals surface area contributed by atoms with Gasteiger partial charge >= 0.3 is 0 Å². The van der Waals surface area contributed by atoms with Gasteiger partial charge in [0.05, 0.1) is 26.2 Å². The Labute approximate surface area is 228 Å². The topological polar surface area (TPSA) is 105 Å². The van der Waals surface area contributed by atoms with E-state index in [1.165, 1.54) is 37.3 Å². The van der Waals surface area contributed by atoms with E-state index in [9.17, 15) is 18.0 Å². The number of hydrogen-bond acceptors (Lipinski definition) is 6. The molecule has 0 unspecified atom stereocenters. The van der Waals surface area contributed by atoms with Crippen molar-refractivity contribution in [3.63, 3.8) is 0 Å². The number of hydrogen-bond donors (Lipinski definition) is 1. The normalized spacial score (nSPS) is 12.5. The van der Waals surface area contributed by atoms with Crippen LogP contribution >= 0.6 is 23.2 Å². The summed E-state index contributed by atoms with van der Waals surface area (Å²) in [5, 5.41) is 3.58. The van der Waals surface area contributed by atoms with Gasteiger partial charge in [-0.15, -0.1) is 0 Å². The zero-order valence-electron chi connectivity index (χ0n) is 22.0. The monoisotopic (exact) mass is 573 g/mol. The van der Waals surface area contributed by atoms with E-state index in [1.54, 1.807) is 25.1 Å². The van der Waals surface area contributed by atoms with Crippen LogP contribution in [0.5, 0.6) is 11.5 Å². The highest BCUT2D eigenvalue weighted by Gasteiger charge is 2.32. The number of nitrogens with one attached hydrogen (secondary N) is 1. The highest BCUT2D eigenvalue weighted by atomic mass is 35.5. The van der Waals surface area contributed by atoms with Crippen molar-refractivity contribution < 1.29 is 27.5 Å². The van der Waals surface area contributed by atoms with Gasteiger partial charge in [-0.05, 0) is 57.5 Å². The Morgan fingerprint density at radius 3 is 2.22 bits per heavy atom. The summed E-state index contributed by atoms with van der Waals surface area (Å²) < 4.78 is 37.1. The Morgan fingerprint density at radius 2 is 1.70 bits per heavy atom. The van der Waals surface area contributed by atoms with Crippen molar-refractivity contribution in [2.45, 2.75) is 45.8 Å². The molecule has 0 bridgehead atoms. The van der Waals surface area contributed by atoms with Crippen LogP contribution in [0.25, 0.3) is 0 Å². The highest BCUT2D eigenvalue weighted by Crippen LogP contribution is 2.34. The first-order valence-corrected chi connectivity index (χ1v) is 13.9. The number of sulfonamides is 1. The third-order valence-electron chi connectivity index (χ3n) is 5.36. The Hall–Kier alpha value is -2.69.